The lowest BCUT2D eigenvalue weighted by molar-refractivity contribution is 0.0636. The number of thiazole rings is 1. The number of amides is 1. The van der Waals surface area contributed by atoms with Crippen molar-refractivity contribution in [2.75, 3.05) is 5.32 Å². The lowest BCUT2D eigenvalue weighted by Crippen LogP contribution is -2.27. The van der Waals surface area contributed by atoms with Gasteiger partial charge in [-0.15, -0.1) is 0 Å². The molecule has 4 rings (SSSR count). The van der Waals surface area contributed by atoms with Crippen molar-refractivity contribution in [3.8, 4) is 27.7 Å². The quantitative estimate of drug-likeness (QED) is 0.368. The first-order valence-corrected chi connectivity index (χ1v) is 11.2. The van der Waals surface area contributed by atoms with Crippen molar-refractivity contribution in [1.82, 2.24) is 15.1 Å². The van der Waals surface area contributed by atoms with Crippen LogP contribution in [0.1, 0.15) is 32.2 Å². The Kier molecular flexibility index (Phi) is 6.41. The van der Waals surface area contributed by atoms with E-state index in [1.54, 1.807) is 27.7 Å². The molecular formula is C24H24N4O4S. The van der Waals surface area contributed by atoms with E-state index in [1.807, 2.05) is 54.6 Å². The molecule has 0 aliphatic heterocycles. The van der Waals surface area contributed by atoms with Crippen molar-refractivity contribution in [2.45, 2.75) is 39.9 Å². The average molecular weight is 465 g/mol. The first-order valence-electron chi connectivity index (χ1n) is 10.4. The number of para-hydroxylation sites is 1. The summed E-state index contributed by atoms with van der Waals surface area (Å²) >= 11 is 1.28. The molecule has 0 bridgehead atoms. The fourth-order valence-corrected chi connectivity index (χ4v) is 3.99. The van der Waals surface area contributed by atoms with Crippen LogP contribution in [0, 0.1) is 6.92 Å². The molecule has 9 heteroatoms. The topological polar surface area (TPSA) is 99.4 Å². The Morgan fingerprint density at radius 3 is 2.48 bits per heavy atom. The van der Waals surface area contributed by atoms with Gasteiger partial charge >= 0.3 is 6.09 Å². The molecule has 1 N–H and O–H groups in total. The summed E-state index contributed by atoms with van der Waals surface area (Å²) in [7, 11) is 0. The van der Waals surface area contributed by atoms with E-state index in [2.05, 4.69) is 20.4 Å². The number of benzene rings is 2. The summed E-state index contributed by atoms with van der Waals surface area (Å²) in [6, 6.07) is 17.6. The Balaban J connectivity index is 1.69. The molecule has 2 heterocycles. The summed E-state index contributed by atoms with van der Waals surface area (Å²) in [5.41, 5.74) is 1.72. The highest BCUT2D eigenvalue weighted by atomic mass is 32.1. The Morgan fingerprint density at radius 1 is 1.06 bits per heavy atom. The summed E-state index contributed by atoms with van der Waals surface area (Å²) in [5, 5.41) is 7.08. The molecule has 33 heavy (non-hydrogen) atoms. The third kappa shape index (κ3) is 5.75. The smallest absolute Gasteiger partial charge is 0.413 e. The fraction of sp³-hybridized carbons (Fsp3) is 0.250. The second-order valence-corrected chi connectivity index (χ2v) is 9.23. The van der Waals surface area contributed by atoms with Crippen LogP contribution < -0.4 is 10.1 Å². The van der Waals surface area contributed by atoms with Gasteiger partial charge in [0.15, 0.2) is 5.13 Å². The Hall–Kier alpha value is -3.72. The highest BCUT2D eigenvalue weighted by Gasteiger charge is 2.24. The van der Waals surface area contributed by atoms with E-state index < -0.39 is 11.7 Å². The predicted octanol–water partition coefficient (Wildman–Crippen LogP) is 6.09. The molecule has 0 aliphatic carbocycles. The first kappa shape index (κ1) is 22.5. The maximum absolute atomic E-state index is 12.3. The number of aryl methyl sites for hydroxylation is 1. The number of hydrogen-bond donors (Lipinski definition) is 1. The van der Waals surface area contributed by atoms with Gasteiger partial charge < -0.3 is 14.0 Å². The molecule has 2 aromatic carbocycles. The van der Waals surface area contributed by atoms with Crippen LogP contribution in [0.3, 0.4) is 0 Å². The second kappa shape index (κ2) is 9.41. The number of nitrogens with one attached hydrogen (secondary N) is 1. The van der Waals surface area contributed by atoms with E-state index in [1.165, 1.54) is 11.3 Å². The molecule has 0 unspecified atom stereocenters. The van der Waals surface area contributed by atoms with Crippen molar-refractivity contribution in [3.05, 3.63) is 66.1 Å². The van der Waals surface area contributed by atoms with Crippen LogP contribution in [0.2, 0.25) is 0 Å². The van der Waals surface area contributed by atoms with Crippen LogP contribution in [-0.4, -0.2) is 26.8 Å². The lowest BCUT2D eigenvalue weighted by Gasteiger charge is -2.18. The zero-order valence-corrected chi connectivity index (χ0v) is 19.6. The monoisotopic (exact) mass is 464 g/mol. The lowest BCUT2D eigenvalue weighted by atomic mass is 10.1. The van der Waals surface area contributed by atoms with E-state index in [4.69, 9.17) is 14.0 Å². The third-order valence-corrected chi connectivity index (χ3v) is 5.35. The number of aromatic nitrogens is 3. The summed E-state index contributed by atoms with van der Waals surface area (Å²) < 4.78 is 16.7. The number of carbonyl (C=O) groups is 1. The summed E-state index contributed by atoms with van der Waals surface area (Å²) in [6.07, 6.45) is -0.591. The minimum absolute atomic E-state index is 0.328. The molecule has 0 spiro atoms. The summed E-state index contributed by atoms with van der Waals surface area (Å²) in [5.74, 6) is 1.42. The zero-order chi connectivity index (χ0) is 23.4. The van der Waals surface area contributed by atoms with E-state index in [9.17, 15) is 4.79 Å². The van der Waals surface area contributed by atoms with Crippen LogP contribution in [0.5, 0.6) is 5.75 Å². The highest BCUT2D eigenvalue weighted by molar-refractivity contribution is 7.19. The van der Waals surface area contributed by atoms with Crippen LogP contribution in [0.4, 0.5) is 9.93 Å². The van der Waals surface area contributed by atoms with E-state index in [0.717, 1.165) is 16.0 Å². The van der Waals surface area contributed by atoms with Gasteiger partial charge in [-0.2, -0.15) is 4.98 Å². The summed E-state index contributed by atoms with van der Waals surface area (Å²) in [6.45, 7) is 7.52. The molecule has 170 valence electrons. The van der Waals surface area contributed by atoms with Gasteiger partial charge in [-0.3, -0.25) is 5.32 Å². The first-order chi connectivity index (χ1) is 15.8. The number of ether oxygens (including phenoxy) is 2. The largest absolute Gasteiger partial charge is 0.488 e. The van der Waals surface area contributed by atoms with Crippen molar-refractivity contribution >= 4 is 22.6 Å². The SMILES string of the molecule is Cc1nc(-c2nc(NC(=O)OC(C)(C)C)sc2-c2ccccc2OCc2ccccc2)no1. The number of hydrogen-bond acceptors (Lipinski definition) is 8. The third-order valence-electron chi connectivity index (χ3n) is 4.34. The van der Waals surface area contributed by atoms with Gasteiger partial charge in [0.25, 0.3) is 0 Å². The predicted molar refractivity (Wildman–Crippen MR) is 126 cm³/mol. The Bertz CT molecular complexity index is 1240. The van der Waals surface area contributed by atoms with Crippen molar-refractivity contribution in [3.63, 3.8) is 0 Å². The van der Waals surface area contributed by atoms with E-state index >= 15 is 0 Å². The molecule has 4 aromatic rings. The zero-order valence-electron chi connectivity index (χ0n) is 18.8. The van der Waals surface area contributed by atoms with Gasteiger partial charge in [0, 0.05) is 12.5 Å². The van der Waals surface area contributed by atoms with Gasteiger partial charge in [0.05, 0.1) is 4.88 Å². The minimum atomic E-state index is -0.629. The van der Waals surface area contributed by atoms with Crippen molar-refractivity contribution in [1.29, 1.82) is 0 Å². The normalized spacial score (nSPS) is 11.3. The molecular weight excluding hydrogens is 440 g/mol. The molecule has 0 fully saturated rings. The van der Waals surface area contributed by atoms with Crippen molar-refractivity contribution in [2.24, 2.45) is 0 Å². The molecule has 0 radical (unpaired) electrons. The molecule has 0 saturated heterocycles. The van der Waals surface area contributed by atoms with Crippen LogP contribution in [0.15, 0.2) is 59.1 Å². The van der Waals surface area contributed by atoms with Crippen molar-refractivity contribution < 1.29 is 18.8 Å². The van der Waals surface area contributed by atoms with Crippen LogP contribution >= 0.6 is 11.3 Å². The van der Waals surface area contributed by atoms with Gasteiger partial charge in [-0.05, 0) is 38.5 Å². The van der Waals surface area contributed by atoms with E-state index in [0.29, 0.717) is 34.9 Å². The number of nitrogens with zero attached hydrogens (tertiary/aromatic N) is 3. The molecule has 2 aromatic heterocycles. The van der Waals surface area contributed by atoms with Gasteiger partial charge in [0.1, 0.15) is 23.7 Å². The maximum Gasteiger partial charge on any atom is 0.413 e. The van der Waals surface area contributed by atoms with Crippen LogP contribution in [0.25, 0.3) is 22.0 Å². The molecule has 1 amide bonds. The number of rotatable bonds is 6. The molecule has 8 nitrogen and oxygen atoms in total. The minimum Gasteiger partial charge on any atom is -0.488 e. The fourth-order valence-electron chi connectivity index (χ4n) is 3.01. The number of carbonyl (C=O) groups excluding carboxylic acids is 1. The van der Waals surface area contributed by atoms with Gasteiger partial charge in [0.2, 0.25) is 11.7 Å². The summed E-state index contributed by atoms with van der Waals surface area (Å²) in [4.78, 5) is 21.9. The van der Waals surface area contributed by atoms with E-state index in [-0.39, 0.29) is 0 Å². The molecule has 0 atom stereocenters. The van der Waals surface area contributed by atoms with Gasteiger partial charge in [-0.25, -0.2) is 9.78 Å². The molecule has 0 aliphatic rings. The Morgan fingerprint density at radius 2 is 1.79 bits per heavy atom. The van der Waals surface area contributed by atoms with Crippen LogP contribution in [-0.2, 0) is 11.3 Å². The molecule has 0 saturated carbocycles. The second-order valence-electron chi connectivity index (χ2n) is 8.23. The Labute approximate surface area is 195 Å². The highest BCUT2D eigenvalue weighted by Crippen LogP contribution is 2.42. The number of anilines is 1. The standard InChI is InChI=1S/C24H24N4O4S/c1-15-25-21(28-32-15)19-20(33-22(26-19)27-23(29)31-24(2,3)4)17-12-8-9-13-18(17)30-14-16-10-6-5-7-11-16/h5-13H,14H2,1-4H3,(H,26,27,29). The average Bonchev–Trinajstić information content (AvgIpc) is 3.38. The van der Waals surface area contributed by atoms with Gasteiger partial charge in [-0.1, -0.05) is 59.0 Å². The maximum atomic E-state index is 12.3.